The van der Waals surface area contributed by atoms with Gasteiger partial charge in [0.05, 0.1) is 5.41 Å². The first-order valence-corrected chi connectivity index (χ1v) is 17.8. The number of hydrogen-bond acceptors (Lipinski definition) is 6. The molecule has 6 rings (SSSR count). The summed E-state index contributed by atoms with van der Waals surface area (Å²) in [6, 6.07) is 47.3. The number of hydrogen-bond donors (Lipinski definition) is 0. The Morgan fingerprint density at radius 2 is 0.681 bits per heavy atom. The molecule has 0 saturated heterocycles. The summed E-state index contributed by atoms with van der Waals surface area (Å²) in [4.78, 5) is 0.220. The van der Waals surface area contributed by atoms with Crippen molar-refractivity contribution in [3.8, 4) is 11.5 Å². The molecule has 0 saturated carbocycles. The van der Waals surface area contributed by atoms with E-state index < -0.39 is 25.7 Å². The van der Waals surface area contributed by atoms with Crippen LogP contribution >= 0.6 is 0 Å². The lowest BCUT2D eigenvalue weighted by Gasteiger charge is -2.37. The average Bonchev–Trinajstić information content (AvgIpc) is 3.07. The normalized spacial score (nSPS) is 12.0. The van der Waals surface area contributed by atoms with E-state index >= 15 is 0 Å². The van der Waals surface area contributed by atoms with Gasteiger partial charge in [0.1, 0.15) is 21.3 Å². The van der Waals surface area contributed by atoms with Gasteiger partial charge in [0.15, 0.2) is 0 Å². The molecule has 0 spiro atoms. The van der Waals surface area contributed by atoms with Crippen LogP contribution in [0.2, 0.25) is 0 Å². The van der Waals surface area contributed by atoms with Crippen molar-refractivity contribution in [3.05, 3.63) is 191 Å². The Kier molecular flexibility index (Phi) is 8.73. The van der Waals surface area contributed by atoms with Crippen molar-refractivity contribution in [2.75, 3.05) is 0 Å². The zero-order valence-electron chi connectivity index (χ0n) is 25.8. The predicted molar refractivity (Wildman–Crippen MR) is 183 cm³/mol. The van der Waals surface area contributed by atoms with Gasteiger partial charge < -0.3 is 8.37 Å². The molecule has 8 heteroatoms. The molecule has 0 aliphatic carbocycles. The third kappa shape index (κ3) is 6.30. The summed E-state index contributed by atoms with van der Waals surface area (Å²) in [5.74, 6) is 0.356. The SMILES string of the molecule is Cc1ccccc1S(=O)(=O)Oc1ccc(C(c2ccccc2)(c2ccccc2)c2ccc(OS(=O)(=O)c3ccccc3C)cc2)cc1. The Morgan fingerprint density at radius 1 is 0.383 bits per heavy atom. The number of benzene rings is 6. The molecule has 0 heterocycles. The third-order valence-corrected chi connectivity index (χ3v) is 10.9. The lowest BCUT2D eigenvalue weighted by Crippen LogP contribution is -2.31. The highest BCUT2D eigenvalue weighted by atomic mass is 32.2. The Bertz CT molecular complexity index is 2050. The Morgan fingerprint density at radius 3 is 1.02 bits per heavy atom. The summed E-state index contributed by atoms with van der Waals surface area (Å²) in [6.45, 7) is 3.45. The first-order chi connectivity index (χ1) is 22.6. The van der Waals surface area contributed by atoms with Gasteiger partial charge in [0.2, 0.25) is 0 Å². The maximum Gasteiger partial charge on any atom is 0.339 e. The maximum absolute atomic E-state index is 13.1. The summed E-state index contributed by atoms with van der Waals surface area (Å²) in [5.41, 5.74) is 3.91. The summed E-state index contributed by atoms with van der Waals surface area (Å²) in [5, 5.41) is 0. The predicted octanol–water partition coefficient (Wildman–Crippen LogP) is 8.22. The quantitative estimate of drug-likeness (QED) is 0.109. The van der Waals surface area contributed by atoms with Crippen LogP contribution in [-0.4, -0.2) is 16.8 Å². The van der Waals surface area contributed by atoms with Crippen LogP contribution in [-0.2, 0) is 25.7 Å². The third-order valence-electron chi connectivity index (χ3n) is 8.13. The molecule has 6 aromatic carbocycles. The highest BCUT2D eigenvalue weighted by Crippen LogP contribution is 2.46. The molecule has 47 heavy (non-hydrogen) atoms. The Hall–Kier alpha value is -5.18. The molecule has 0 unspecified atom stereocenters. The summed E-state index contributed by atoms with van der Waals surface area (Å²) < 4.78 is 63.6. The van der Waals surface area contributed by atoms with E-state index in [1.165, 1.54) is 12.1 Å². The van der Waals surface area contributed by atoms with E-state index in [1.54, 1.807) is 74.5 Å². The van der Waals surface area contributed by atoms with Crippen molar-refractivity contribution >= 4 is 20.2 Å². The standard InChI is InChI=1S/C39H32O6S2/c1-29-13-9-11-19-37(29)46(40,41)44-35-25-21-33(22-26-35)39(31-15-5-3-6-16-31,32-17-7-4-8-18-32)34-23-27-36(28-24-34)45-47(42,43)38-20-12-10-14-30(38)2/h3-28H,1-2H3. The zero-order chi connectivity index (χ0) is 33.1. The molecule has 0 N–H and O–H groups in total. The van der Waals surface area contributed by atoms with Gasteiger partial charge in [-0.2, -0.15) is 16.8 Å². The average molecular weight is 661 g/mol. The van der Waals surface area contributed by atoms with E-state index in [2.05, 4.69) is 0 Å². The molecule has 236 valence electrons. The van der Waals surface area contributed by atoms with E-state index in [4.69, 9.17) is 8.37 Å². The van der Waals surface area contributed by atoms with E-state index in [1.807, 2.05) is 84.9 Å². The number of rotatable bonds is 10. The molecule has 0 aromatic heterocycles. The van der Waals surface area contributed by atoms with Crippen LogP contribution in [0.25, 0.3) is 0 Å². The van der Waals surface area contributed by atoms with Crippen molar-refractivity contribution in [2.45, 2.75) is 29.1 Å². The fraction of sp³-hybridized carbons (Fsp3) is 0.0769. The van der Waals surface area contributed by atoms with Crippen molar-refractivity contribution in [3.63, 3.8) is 0 Å². The van der Waals surface area contributed by atoms with Crippen LogP contribution in [0.15, 0.2) is 168 Å². The second-order valence-corrected chi connectivity index (χ2v) is 14.2. The molecule has 0 aliphatic rings. The molecule has 6 aromatic rings. The van der Waals surface area contributed by atoms with Crippen molar-refractivity contribution in [1.82, 2.24) is 0 Å². The van der Waals surface area contributed by atoms with Crippen LogP contribution in [0.4, 0.5) is 0 Å². The van der Waals surface area contributed by atoms with Crippen molar-refractivity contribution < 1.29 is 25.2 Å². The molecule has 0 fully saturated rings. The van der Waals surface area contributed by atoms with Gasteiger partial charge in [0.25, 0.3) is 0 Å². The van der Waals surface area contributed by atoms with Gasteiger partial charge in [0, 0.05) is 0 Å². The van der Waals surface area contributed by atoms with Gasteiger partial charge in [-0.25, -0.2) is 0 Å². The monoisotopic (exact) mass is 660 g/mol. The molecule has 6 nitrogen and oxygen atoms in total. The molecule has 0 atom stereocenters. The molecule has 0 bridgehead atoms. The van der Waals surface area contributed by atoms with E-state index in [0.29, 0.717) is 11.1 Å². The second kappa shape index (κ2) is 12.9. The van der Waals surface area contributed by atoms with Crippen LogP contribution in [0, 0.1) is 13.8 Å². The molecular weight excluding hydrogens is 629 g/mol. The lowest BCUT2D eigenvalue weighted by atomic mass is 9.65. The van der Waals surface area contributed by atoms with Gasteiger partial charge in [-0.15, -0.1) is 0 Å². The lowest BCUT2D eigenvalue weighted by molar-refractivity contribution is 0.483. The Balaban J connectivity index is 1.44. The molecule has 0 radical (unpaired) electrons. The molecule has 0 aliphatic heterocycles. The number of aryl methyl sites for hydroxylation is 2. The smallest absolute Gasteiger partial charge is 0.339 e. The van der Waals surface area contributed by atoms with Gasteiger partial charge in [-0.05, 0) is 83.6 Å². The van der Waals surface area contributed by atoms with E-state index in [0.717, 1.165) is 22.3 Å². The highest BCUT2D eigenvalue weighted by Gasteiger charge is 2.38. The largest absolute Gasteiger partial charge is 0.379 e. The topological polar surface area (TPSA) is 86.7 Å². The van der Waals surface area contributed by atoms with Crippen molar-refractivity contribution in [1.29, 1.82) is 0 Å². The van der Waals surface area contributed by atoms with Crippen molar-refractivity contribution in [2.24, 2.45) is 0 Å². The minimum Gasteiger partial charge on any atom is -0.379 e. The second-order valence-electron chi connectivity index (χ2n) is 11.1. The summed E-state index contributed by atoms with van der Waals surface area (Å²) >= 11 is 0. The van der Waals surface area contributed by atoms with Gasteiger partial charge in [-0.3, -0.25) is 0 Å². The minimum absolute atomic E-state index is 0.110. The first-order valence-electron chi connectivity index (χ1n) is 14.9. The van der Waals surface area contributed by atoms with E-state index in [-0.39, 0.29) is 21.3 Å². The van der Waals surface area contributed by atoms with Crippen LogP contribution in [0.5, 0.6) is 11.5 Å². The van der Waals surface area contributed by atoms with Crippen LogP contribution < -0.4 is 8.37 Å². The summed E-state index contributed by atoms with van der Waals surface area (Å²) in [6.07, 6.45) is 0. The molecular formula is C39H32O6S2. The minimum atomic E-state index is -4.05. The molecule has 0 amide bonds. The highest BCUT2D eigenvalue weighted by molar-refractivity contribution is 7.87. The van der Waals surface area contributed by atoms with Gasteiger partial charge >= 0.3 is 20.2 Å². The van der Waals surface area contributed by atoms with E-state index in [9.17, 15) is 16.8 Å². The summed E-state index contributed by atoms with van der Waals surface area (Å²) in [7, 11) is -8.11. The fourth-order valence-corrected chi connectivity index (χ4v) is 8.24. The van der Waals surface area contributed by atoms with Gasteiger partial charge in [-0.1, -0.05) is 121 Å². The van der Waals surface area contributed by atoms with Crippen LogP contribution in [0.3, 0.4) is 0 Å². The fourth-order valence-electron chi connectivity index (χ4n) is 5.91. The first kappa shape index (κ1) is 31.8. The Labute approximate surface area is 276 Å². The zero-order valence-corrected chi connectivity index (χ0v) is 27.4. The maximum atomic E-state index is 13.1. The van der Waals surface area contributed by atoms with Crippen LogP contribution in [0.1, 0.15) is 33.4 Å².